The molecule has 3 nitrogen and oxygen atoms in total. The number of methoxy groups -OCH3 is 1. The molecule has 26 heavy (non-hydrogen) atoms. The number of thiophene rings is 1. The van der Waals surface area contributed by atoms with Crippen LogP contribution in [0, 0.1) is 6.92 Å². The van der Waals surface area contributed by atoms with Gasteiger partial charge in [0, 0.05) is 18.1 Å². The minimum atomic E-state index is 0.846. The molecule has 134 valence electrons. The van der Waals surface area contributed by atoms with Crippen LogP contribution in [0.15, 0.2) is 55.4 Å². The Balaban J connectivity index is 0.000000948. The highest BCUT2D eigenvalue weighted by molar-refractivity contribution is 7.20. The minimum absolute atomic E-state index is 0.846. The number of ether oxygens (including phenoxy) is 1. The number of pyridine rings is 1. The molecule has 0 unspecified atom stereocenters. The summed E-state index contributed by atoms with van der Waals surface area (Å²) in [7, 11) is 1.71. The van der Waals surface area contributed by atoms with Gasteiger partial charge in [0.25, 0.3) is 0 Å². The molecular formula is C22H24N2OS. The second-order valence-corrected chi connectivity index (χ2v) is 6.85. The van der Waals surface area contributed by atoms with Crippen molar-refractivity contribution in [3.63, 3.8) is 0 Å². The van der Waals surface area contributed by atoms with Crippen LogP contribution in [0.4, 0.5) is 5.69 Å². The Morgan fingerprint density at radius 3 is 2.77 bits per heavy atom. The number of aromatic nitrogens is 1. The minimum Gasteiger partial charge on any atom is -0.496 e. The first kappa shape index (κ1) is 18.2. The number of allylic oxidation sites excluding steroid dienone is 1. The standard InChI is InChI=1S/C20H18N2OS.C2H6/c1-13-6-4-7-15(12-13)22-11-5-8-16-18-17(23-3)9-10-21-20(18)24-19(16)14(22)2;1-2/h4-7,9-12H,2,8H2,1,3H3;1-2H3. The number of hydrogen-bond donors (Lipinski definition) is 0. The molecule has 4 heteroatoms. The number of fused-ring (bicyclic) bond motifs is 3. The van der Waals surface area contributed by atoms with Gasteiger partial charge in [0.2, 0.25) is 0 Å². The molecular weight excluding hydrogens is 340 g/mol. The maximum Gasteiger partial charge on any atom is 0.130 e. The summed E-state index contributed by atoms with van der Waals surface area (Å²) < 4.78 is 5.55. The summed E-state index contributed by atoms with van der Waals surface area (Å²) in [4.78, 5) is 8.85. The Kier molecular flexibility index (Phi) is 5.43. The second kappa shape index (κ2) is 7.75. The van der Waals surface area contributed by atoms with E-state index in [2.05, 4.69) is 59.9 Å². The highest BCUT2D eigenvalue weighted by Crippen LogP contribution is 2.42. The Labute approximate surface area is 159 Å². The maximum absolute atomic E-state index is 5.55. The van der Waals surface area contributed by atoms with Crippen molar-refractivity contribution in [3.05, 3.63) is 71.4 Å². The third kappa shape index (κ3) is 3.13. The molecule has 0 saturated carbocycles. The predicted octanol–water partition coefficient (Wildman–Crippen LogP) is 6.19. The maximum atomic E-state index is 5.55. The van der Waals surface area contributed by atoms with Gasteiger partial charge in [-0.05, 0) is 42.7 Å². The molecule has 4 rings (SSSR count). The van der Waals surface area contributed by atoms with Gasteiger partial charge in [-0.3, -0.25) is 0 Å². The topological polar surface area (TPSA) is 25.4 Å². The van der Waals surface area contributed by atoms with Crippen molar-refractivity contribution in [3.8, 4) is 5.75 Å². The first-order valence-corrected chi connectivity index (χ1v) is 9.67. The third-order valence-electron chi connectivity index (χ3n) is 4.28. The van der Waals surface area contributed by atoms with E-state index in [1.807, 2.05) is 19.9 Å². The Morgan fingerprint density at radius 1 is 1.23 bits per heavy atom. The second-order valence-electron chi connectivity index (χ2n) is 5.85. The van der Waals surface area contributed by atoms with Crippen LogP contribution < -0.4 is 9.64 Å². The average molecular weight is 365 g/mol. The van der Waals surface area contributed by atoms with Crippen LogP contribution in [-0.2, 0) is 6.42 Å². The largest absolute Gasteiger partial charge is 0.496 e. The highest BCUT2D eigenvalue weighted by atomic mass is 32.1. The molecule has 0 atom stereocenters. The highest BCUT2D eigenvalue weighted by Gasteiger charge is 2.23. The van der Waals surface area contributed by atoms with E-state index in [1.165, 1.54) is 16.0 Å². The smallest absolute Gasteiger partial charge is 0.130 e. The van der Waals surface area contributed by atoms with Crippen molar-refractivity contribution >= 4 is 32.9 Å². The van der Waals surface area contributed by atoms with E-state index < -0.39 is 0 Å². The fourth-order valence-corrected chi connectivity index (χ4v) is 4.30. The van der Waals surface area contributed by atoms with E-state index in [4.69, 9.17) is 4.74 Å². The lowest BCUT2D eigenvalue weighted by Gasteiger charge is -2.22. The molecule has 0 saturated heterocycles. The van der Waals surface area contributed by atoms with E-state index in [-0.39, 0.29) is 0 Å². The van der Waals surface area contributed by atoms with Gasteiger partial charge in [-0.25, -0.2) is 4.98 Å². The fourth-order valence-electron chi connectivity index (χ4n) is 3.15. The molecule has 0 spiro atoms. The van der Waals surface area contributed by atoms with E-state index in [0.29, 0.717) is 0 Å². The summed E-state index contributed by atoms with van der Waals surface area (Å²) >= 11 is 1.68. The van der Waals surface area contributed by atoms with Crippen molar-refractivity contribution < 1.29 is 4.74 Å². The predicted molar refractivity (Wildman–Crippen MR) is 113 cm³/mol. The Morgan fingerprint density at radius 2 is 2.04 bits per heavy atom. The zero-order valence-corrected chi connectivity index (χ0v) is 16.6. The zero-order chi connectivity index (χ0) is 18.7. The van der Waals surface area contributed by atoms with E-state index in [1.54, 1.807) is 24.6 Å². The number of hydrogen-bond acceptors (Lipinski definition) is 4. The lowest BCUT2D eigenvalue weighted by molar-refractivity contribution is 0.419. The number of aryl methyl sites for hydroxylation is 1. The van der Waals surface area contributed by atoms with Crippen molar-refractivity contribution in [1.29, 1.82) is 0 Å². The molecule has 0 aliphatic carbocycles. The monoisotopic (exact) mass is 364 g/mol. The molecule has 0 fully saturated rings. The fraction of sp³-hybridized carbons (Fsp3) is 0.227. The zero-order valence-electron chi connectivity index (χ0n) is 15.7. The first-order valence-electron chi connectivity index (χ1n) is 8.85. The normalized spacial score (nSPS) is 13.1. The molecule has 3 aromatic rings. The third-order valence-corrected chi connectivity index (χ3v) is 5.47. The summed E-state index contributed by atoms with van der Waals surface area (Å²) in [6, 6.07) is 10.4. The molecule has 0 amide bonds. The van der Waals surface area contributed by atoms with Crippen LogP contribution in [0.1, 0.15) is 29.9 Å². The summed E-state index contributed by atoms with van der Waals surface area (Å²) in [5.41, 5.74) is 4.59. The summed E-state index contributed by atoms with van der Waals surface area (Å²) in [5.74, 6) is 0.878. The van der Waals surface area contributed by atoms with Gasteiger partial charge < -0.3 is 9.64 Å². The van der Waals surface area contributed by atoms with Crippen LogP contribution in [0.25, 0.3) is 15.9 Å². The first-order chi connectivity index (χ1) is 12.7. The molecule has 0 bridgehead atoms. The van der Waals surface area contributed by atoms with Crippen LogP contribution >= 0.6 is 11.3 Å². The Hall–Kier alpha value is -2.59. The summed E-state index contributed by atoms with van der Waals surface area (Å²) in [5, 5.41) is 1.11. The van der Waals surface area contributed by atoms with Gasteiger partial charge in [-0.15, -0.1) is 11.3 Å². The summed E-state index contributed by atoms with van der Waals surface area (Å²) in [6.07, 6.45) is 6.93. The molecule has 3 heterocycles. The summed E-state index contributed by atoms with van der Waals surface area (Å²) in [6.45, 7) is 10.5. The number of rotatable bonds is 2. The van der Waals surface area contributed by atoms with E-state index >= 15 is 0 Å². The Bertz CT molecular complexity index is 971. The van der Waals surface area contributed by atoms with Gasteiger partial charge in [0.05, 0.1) is 23.1 Å². The van der Waals surface area contributed by atoms with Crippen LogP contribution in [0.3, 0.4) is 0 Å². The van der Waals surface area contributed by atoms with Crippen LogP contribution in [0.5, 0.6) is 5.75 Å². The van der Waals surface area contributed by atoms with Gasteiger partial charge in [0.1, 0.15) is 10.6 Å². The lowest BCUT2D eigenvalue weighted by atomic mass is 10.1. The SMILES string of the molecule is C=C1c2sc3nccc(OC)c3c2CC=CN1c1cccc(C)c1.CC. The van der Waals surface area contributed by atoms with Crippen molar-refractivity contribution in [2.75, 3.05) is 12.0 Å². The van der Waals surface area contributed by atoms with Gasteiger partial charge >= 0.3 is 0 Å². The van der Waals surface area contributed by atoms with E-state index in [0.717, 1.165) is 33.8 Å². The molecule has 0 N–H and O–H groups in total. The lowest BCUT2D eigenvalue weighted by Crippen LogP contribution is -2.12. The molecule has 1 aliphatic heterocycles. The average Bonchev–Trinajstić information content (AvgIpc) is 2.97. The van der Waals surface area contributed by atoms with Crippen LogP contribution in [0.2, 0.25) is 0 Å². The molecule has 0 radical (unpaired) electrons. The van der Waals surface area contributed by atoms with Crippen molar-refractivity contribution in [1.82, 2.24) is 4.98 Å². The van der Waals surface area contributed by atoms with Crippen molar-refractivity contribution in [2.24, 2.45) is 0 Å². The molecule has 2 aromatic heterocycles. The van der Waals surface area contributed by atoms with E-state index in [9.17, 15) is 0 Å². The number of nitrogens with zero attached hydrogens (tertiary/aromatic N) is 2. The van der Waals surface area contributed by atoms with Crippen LogP contribution in [-0.4, -0.2) is 12.1 Å². The van der Waals surface area contributed by atoms with Gasteiger partial charge in [0.15, 0.2) is 0 Å². The molecule has 1 aromatic carbocycles. The van der Waals surface area contributed by atoms with Gasteiger partial charge in [-0.1, -0.05) is 38.6 Å². The van der Waals surface area contributed by atoms with Crippen molar-refractivity contribution in [2.45, 2.75) is 27.2 Å². The molecule has 1 aliphatic rings. The quantitative estimate of drug-likeness (QED) is 0.542. The number of benzene rings is 1. The van der Waals surface area contributed by atoms with Gasteiger partial charge in [-0.2, -0.15) is 0 Å². The number of anilines is 1.